The summed E-state index contributed by atoms with van der Waals surface area (Å²) in [6, 6.07) is 3.22. The van der Waals surface area contributed by atoms with Crippen molar-refractivity contribution in [2.75, 3.05) is 18.5 Å². The molecule has 1 amide bonds. The molecule has 2 aromatic heterocycles. The standard InChI is InChI=1S/C17H18N2O5S/c1-2-23-17(22)14-10-5-3-7-12(10)25-15(14)19-13(20)9-24-16(21)11-6-4-8-18-11/h4,6,8,18H,2-3,5,7,9H2,1H3,(H,19,20). The van der Waals surface area contributed by atoms with Gasteiger partial charge in [-0.1, -0.05) is 0 Å². The highest BCUT2D eigenvalue weighted by Gasteiger charge is 2.28. The minimum atomic E-state index is -0.612. The Balaban J connectivity index is 1.67. The summed E-state index contributed by atoms with van der Waals surface area (Å²) in [5, 5.41) is 3.13. The minimum absolute atomic E-state index is 0.268. The number of aryl methyl sites for hydroxylation is 1. The second-order valence-corrected chi connectivity index (χ2v) is 6.60. The van der Waals surface area contributed by atoms with Crippen molar-refractivity contribution in [2.45, 2.75) is 26.2 Å². The van der Waals surface area contributed by atoms with Gasteiger partial charge < -0.3 is 19.8 Å². The van der Waals surface area contributed by atoms with Crippen LogP contribution in [0.5, 0.6) is 0 Å². The predicted octanol–water partition coefficient (Wildman–Crippen LogP) is 2.54. The lowest BCUT2D eigenvalue weighted by Gasteiger charge is -2.08. The second-order valence-electron chi connectivity index (χ2n) is 5.49. The van der Waals surface area contributed by atoms with E-state index < -0.39 is 24.5 Å². The molecule has 8 heteroatoms. The molecule has 7 nitrogen and oxygen atoms in total. The van der Waals surface area contributed by atoms with Crippen LogP contribution in [0.3, 0.4) is 0 Å². The Morgan fingerprint density at radius 3 is 2.80 bits per heavy atom. The molecule has 0 aliphatic heterocycles. The molecule has 2 heterocycles. The third-order valence-electron chi connectivity index (χ3n) is 3.81. The molecule has 0 saturated heterocycles. The summed E-state index contributed by atoms with van der Waals surface area (Å²) in [4.78, 5) is 39.9. The van der Waals surface area contributed by atoms with Crippen LogP contribution in [0.25, 0.3) is 0 Å². The number of fused-ring (bicyclic) bond motifs is 1. The molecular weight excluding hydrogens is 344 g/mol. The average molecular weight is 362 g/mol. The smallest absolute Gasteiger partial charge is 0.355 e. The zero-order valence-electron chi connectivity index (χ0n) is 13.7. The van der Waals surface area contributed by atoms with Crippen LogP contribution < -0.4 is 5.32 Å². The molecule has 0 atom stereocenters. The van der Waals surface area contributed by atoms with E-state index in [0.717, 1.165) is 29.7 Å². The molecule has 0 bridgehead atoms. The number of ether oxygens (including phenoxy) is 2. The van der Waals surface area contributed by atoms with Crippen LogP contribution in [-0.4, -0.2) is 36.0 Å². The highest BCUT2D eigenvalue weighted by Crippen LogP contribution is 2.39. The third-order valence-corrected chi connectivity index (χ3v) is 5.01. The Labute approximate surface area is 148 Å². The molecular formula is C17H18N2O5S. The molecule has 0 saturated carbocycles. The second kappa shape index (κ2) is 7.52. The summed E-state index contributed by atoms with van der Waals surface area (Å²) in [6.07, 6.45) is 4.28. The van der Waals surface area contributed by atoms with Crippen molar-refractivity contribution in [3.8, 4) is 0 Å². The van der Waals surface area contributed by atoms with Gasteiger partial charge in [-0.15, -0.1) is 11.3 Å². The third kappa shape index (κ3) is 3.74. The van der Waals surface area contributed by atoms with Crippen molar-refractivity contribution < 1.29 is 23.9 Å². The molecule has 1 aliphatic rings. The van der Waals surface area contributed by atoms with Gasteiger partial charge in [0.2, 0.25) is 0 Å². The fraction of sp³-hybridized carbons (Fsp3) is 0.353. The SMILES string of the molecule is CCOC(=O)c1c(NC(=O)COC(=O)c2ccc[nH]2)sc2c1CCC2. The van der Waals surface area contributed by atoms with Gasteiger partial charge in [0.15, 0.2) is 6.61 Å². The van der Waals surface area contributed by atoms with E-state index in [9.17, 15) is 14.4 Å². The number of hydrogen-bond acceptors (Lipinski definition) is 6. The molecule has 2 aromatic rings. The summed E-state index contributed by atoms with van der Waals surface area (Å²) in [5.74, 6) is -1.54. The van der Waals surface area contributed by atoms with Crippen molar-refractivity contribution in [3.05, 3.63) is 40.0 Å². The lowest BCUT2D eigenvalue weighted by Crippen LogP contribution is -2.22. The van der Waals surface area contributed by atoms with Gasteiger partial charge in [-0.05, 0) is 43.9 Å². The monoisotopic (exact) mass is 362 g/mol. The largest absolute Gasteiger partial charge is 0.462 e. The molecule has 132 valence electrons. The van der Waals surface area contributed by atoms with Gasteiger partial charge in [0.25, 0.3) is 5.91 Å². The summed E-state index contributed by atoms with van der Waals surface area (Å²) in [6.45, 7) is 1.58. The molecule has 1 aliphatic carbocycles. The zero-order chi connectivity index (χ0) is 17.8. The first-order valence-electron chi connectivity index (χ1n) is 8.02. The van der Waals surface area contributed by atoms with E-state index in [1.54, 1.807) is 25.3 Å². The molecule has 2 N–H and O–H groups in total. The number of esters is 2. The molecule has 0 aromatic carbocycles. The lowest BCUT2D eigenvalue weighted by molar-refractivity contribution is -0.119. The quantitative estimate of drug-likeness (QED) is 0.770. The maximum absolute atomic E-state index is 12.2. The van der Waals surface area contributed by atoms with Crippen LogP contribution in [-0.2, 0) is 27.1 Å². The number of rotatable bonds is 6. The van der Waals surface area contributed by atoms with Crippen LogP contribution in [0.15, 0.2) is 18.3 Å². The molecule has 0 fully saturated rings. The fourth-order valence-electron chi connectivity index (χ4n) is 2.74. The number of aromatic amines is 1. The summed E-state index contributed by atoms with van der Waals surface area (Å²) >= 11 is 1.38. The molecule has 25 heavy (non-hydrogen) atoms. The highest BCUT2D eigenvalue weighted by atomic mass is 32.1. The van der Waals surface area contributed by atoms with Crippen molar-refractivity contribution in [1.82, 2.24) is 4.98 Å². The van der Waals surface area contributed by atoms with Gasteiger partial charge in [0, 0.05) is 11.1 Å². The normalized spacial score (nSPS) is 12.5. The van der Waals surface area contributed by atoms with Gasteiger partial charge >= 0.3 is 11.9 Å². The summed E-state index contributed by atoms with van der Waals surface area (Å²) in [7, 11) is 0. The Hall–Kier alpha value is -2.61. The number of aromatic nitrogens is 1. The zero-order valence-corrected chi connectivity index (χ0v) is 14.5. The molecule has 3 rings (SSSR count). The Morgan fingerprint density at radius 1 is 1.24 bits per heavy atom. The maximum Gasteiger partial charge on any atom is 0.355 e. The van der Waals surface area contributed by atoms with Gasteiger partial charge in [-0.25, -0.2) is 9.59 Å². The van der Waals surface area contributed by atoms with Gasteiger partial charge in [0.1, 0.15) is 10.7 Å². The summed E-state index contributed by atoms with van der Waals surface area (Å²) in [5.41, 5.74) is 1.67. The topological polar surface area (TPSA) is 97.5 Å². The van der Waals surface area contributed by atoms with Crippen LogP contribution in [0.1, 0.15) is 44.6 Å². The Bertz CT molecular complexity index is 794. The highest BCUT2D eigenvalue weighted by molar-refractivity contribution is 7.17. The number of hydrogen-bond donors (Lipinski definition) is 2. The summed E-state index contributed by atoms with van der Waals surface area (Å²) < 4.78 is 10.1. The number of thiophene rings is 1. The van der Waals surface area contributed by atoms with Crippen LogP contribution >= 0.6 is 11.3 Å². The van der Waals surface area contributed by atoms with Crippen LogP contribution in [0.2, 0.25) is 0 Å². The number of nitrogens with one attached hydrogen (secondary N) is 2. The Morgan fingerprint density at radius 2 is 2.08 bits per heavy atom. The average Bonchev–Trinajstić information content (AvgIpc) is 3.29. The van der Waals surface area contributed by atoms with Crippen LogP contribution in [0, 0.1) is 0 Å². The van der Waals surface area contributed by atoms with Crippen LogP contribution in [0.4, 0.5) is 5.00 Å². The number of anilines is 1. The van der Waals surface area contributed by atoms with E-state index >= 15 is 0 Å². The number of carbonyl (C=O) groups excluding carboxylic acids is 3. The first-order chi connectivity index (χ1) is 12.1. The van der Waals surface area contributed by atoms with Crippen molar-refractivity contribution in [1.29, 1.82) is 0 Å². The van der Waals surface area contributed by atoms with E-state index in [0.29, 0.717) is 10.6 Å². The minimum Gasteiger partial charge on any atom is -0.462 e. The Kier molecular flexibility index (Phi) is 5.18. The first-order valence-corrected chi connectivity index (χ1v) is 8.83. The number of carbonyl (C=O) groups is 3. The molecule has 0 unspecified atom stereocenters. The van der Waals surface area contributed by atoms with E-state index in [4.69, 9.17) is 9.47 Å². The van der Waals surface area contributed by atoms with E-state index in [1.807, 2.05) is 0 Å². The lowest BCUT2D eigenvalue weighted by atomic mass is 10.1. The number of H-pyrrole nitrogens is 1. The van der Waals surface area contributed by atoms with Gasteiger partial charge in [-0.3, -0.25) is 4.79 Å². The first kappa shape index (κ1) is 17.2. The predicted molar refractivity (Wildman–Crippen MR) is 92.0 cm³/mol. The van der Waals surface area contributed by atoms with Crippen molar-refractivity contribution >= 4 is 34.2 Å². The molecule has 0 radical (unpaired) electrons. The van der Waals surface area contributed by atoms with E-state index in [2.05, 4.69) is 10.3 Å². The van der Waals surface area contributed by atoms with E-state index in [1.165, 1.54) is 11.3 Å². The maximum atomic E-state index is 12.2. The van der Waals surface area contributed by atoms with Crippen molar-refractivity contribution in [3.63, 3.8) is 0 Å². The van der Waals surface area contributed by atoms with Crippen molar-refractivity contribution in [2.24, 2.45) is 0 Å². The number of amides is 1. The molecule has 0 spiro atoms. The van der Waals surface area contributed by atoms with Gasteiger partial charge in [0.05, 0.1) is 12.2 Å². The fourth-order valence-corrected chi connectivity index (χ4v) is 4.03. The van der Waals surface area contributed by atoms with Gasteiger partial charge in [-0.2, -0.15) is 0 Å². The van der Waals surface area contributed by atoms with E-state index in [-0.39, 0.29) is 12.3 Å².